The first-order valence-electron chi connectivity index (χ1n) is 9.23. The molecule has 32 heavy (non-hydrogen) atoms. The van der Waals surface area contributed by atoms with Crippen molar-refractivity contribution >= 4 is 23.3 Å². The summed E-state index contributed by atoms with van der Waals surface area (Å²) in [7, 11) is 0. The van der Waals surface area contributed by atoms with Crippen LogP contribution in [0.2, 0.25) is 0 Å². The Bertz CT molecular complexity index is 1190. The fourth-order valence-electron chi connectivity index (χ4n) is 2.85. The van der Waals surface area contributed by atoms with Gasteiger partial charge in [0.1, 0.15) is 18.1 Å². The predicted molar refractivity (Wildman–Crippen MR) is 109 cm³/mol. The van der Waals surface area contributed by atoms with Gasteiger partial charge in [-0.1, -0.05) is 6.07 Å². The summed E-state index contributed by atoms with van der Waals surface area (Å²) in [6.45, 7) is 0.153. The molecular weight excluding hydrogens is 426 g/mol. The van der Waals surface area contributed by atoms with E-state index in [4.69, 9.17) is 10.5 Å². The Morgan fingerprint density at radius 1 is 1.00 bits per heavy atom. The quantitative estimate of drug-likeness (QED) is 0.534. The largest absolute Gasteiger partial charge is 0.586 e. The number of hydrogen-bond acceptors (Lipinski definition) is 6. The predicted octanol–water partition coefficient (Wildman–Crippen LogP) is 3.73. The first kappa shape index (κ1) is 20.8. The normalized spacial score (nSPS) is 13.3. The number of ether oxygens (including phenoxy) is 3. The zero-order valence-electron chi connectivity index (χ0n) is 16.3. The molecule has 2 aromatic carbocycles. The molecule has 0 unspecified atom stereocenters. The molecule has 164 valence electrons. The van der Waals surface area contributed by atoms with Gasteiger partial charge in [-0.25, -0.2) is 4.79 Å². The number of hydrogen-bond donors (Lipinski definition) is 3. The summed E-state index contributed by atoms with van der Waals surface area (Å²) in [5, 5.41) is 5.14. The molecule has 1 aliphatic heterocycles. The van der Waals surface area contributed by atoms with E-state index in [0.29, 0.717) is 17.0 Å². The van der Waals surface area contributed by atoms with Gasteiger partial charge in [0.25, 0.3) is 5.91 Å². The van der Waals surface area contributed by atoms with E-state index in [2.05, 4.69) is 25.1 Å². The topological polar surface area (TPSA) is 125 Å². The minimum Gasteiger partial charge on any atom is -0.489 e. The van der Waals surface area contributed by atoms with Gasteiger partial charge < -0.3 is 30.6 Å². The maximum atomic E-state index is 13.1. The summed E-state index contributed by atoms with van der Waals surface area (Å²) in [5.74, 6) is -0.479. The number of rotatable bonds is 6. The van der Waals surface area contributed by atoms with Gasteiger partial charge in [0.2, 0.25) is 0 Å². The molecular formula is C21H16F2N4O5. The lowest BCUT2D eigenvalue weighted by Crippen LogP contribution is -2.25. The van der Waals surface area contributed by atoms with Crippen molar-refractivity contribution in [1.29, 1.82) is 0 Å². The van der Waals surface area contributed by atoms with Crippen LogP contribution >= 0.6 is 0 Å². The van der Waals surface area contributed by atoms with Crippen LogP contribution in [-0.2, 0) is 6.61 Å². The molecule has 4 N–H and O–H groups in total. The third-order valence-electron chi connectivity index (χ3n) is 4.23. The number of carbonyl (C=O) groups excluding carboxylic acids is 2. The molecule has 0 atom stereocenters. The van der Waals surface area contributed by atoms with Crippen molar-refractivity contribution in [2.75, 3.05) is 10.6 Å². The number of halogens is 2. The number of primary amides is 1. The maximum absolute atomic E-state index is 13.1. The molecule has 9 nitrogen and oxygen atoms in total. The number of nitrogens with zero attached hydrogens (tertiary/aromatic N) is 1. The van der Waals surface area contributed by atoms with Gasteiger partial charge in [0.15, 0.2) is 11.5 Å². The van der Waals surface area contributed by atoms with Crippen LogP contribution in [-0.4, -0.2) is 23.2 Å². The number of fused-ring (bicyclic) bond motifs is 1. The van der Waals surface area contributed by atoms with Gasteiger partial charge >= 0.3 is 12.3 Å². The summed E-state index contributed by atoms with van der Waals surface area (Å²) in [6, 6.07) is 13.1. The second-order valence-corrected chi connectivity index (χ2v) is 6.64. The molecule has 1 aromatic heterocycles. The van der Waals surface area contributed by atoms with Crippen LogP contribution in [0, 0.1) is 0 Å². The SMILES string of the molecule is NC(=O)c1cc(COc2cccc(NC(=O)Nc3ccc4c(c3)OC(F)(F)O4)c2)ccn1. The number of carbonyl (C=O) groups is 2. The van der Waals surface area contributed by atoms with E-state index in [9.17, 15) is 18.4 Å². The van der Waals surface area contributed by atoms with Crippen molar-refractivity contribution in [2.24, 2.45) is 5.73 Å². The number of pyridine rings is 1. The minimum absolute atomic E-state index is 0.122. The van der Waals surface area contributed by atoms with Crippen LogP contribution in [0.1, 0.15) is 16.1 Å². The van der Waals surface area contributed by atoms with Crippen molar-refractivity contribution in [2.45, 2.75) is 12.9 Å². The van der Waals surface area contributed by atoms with Crippen LogP contribution in [0.4, 0.5) is 25.0 Å². The lowest BCUT2D eigenvalue weighted by Gasteiger charge is -2.11. The summed E-state index contributed by atoms with van der Waals surface area (Å²) < 4.78 is 40.6. The molecule has 11 heteroatoms. The summed E-state index contributed by atoms with van der Waals surface area (Å²) in [5.41, 5.74) is 6.70. The number of urea groups is 1. The zero-order chi connectivity index (χ0) is 22.7. The fraction of sp³-hybridized carbons (Fsp3) is 0.0952. The molecule has 1 aliphatic rings. The lowest BCUT2D eigenvalue weighted by atomic mass is 10.2. The monoisotopic (exact) mass is 442 g/mol. The second kappa shape index (κ2) is 8.38. The smallest absolute Gasteiger partial charge is 0.489 e. The van der Waals surface area contributed by atoms with Crippen molar-refractivity contribution in [3.05, 3.63) is 72.1 Å². The third kappa shape index (κ3) is 5.01. The van der Waals surface area contributed by atoms with Crippen molar-refractivity contribution in [3.8, 4) is 17.2 Å². The third-order valence-corrected chi connectivity index (χ3v) is 4.23. The number of amides is 3. The number of alkyl halides is 2. The first-order chi connectivity index (χ1) is 15.3. The van der Waals surface area contributed by atoms with E-state index >= 15 is 0 Å². The molecule has 0 saturated heterocycles. The van der Waals surface area contributed by atoms with Crippen molar-refractivity contribution in [1.82, 2.24) is 4.98 Å². The van der Waals surface area contributed by atoms with Crippen LogP contribution < -0.4 is 30.6 Å². The molecule has 2 heterocycles. The van der Waals surface area contributed by atoms with E-state index < -0.39 is 18.2 Å². The van der Waals surface area contributed by atoms with Crippen LogP contribution in [0.3, 0.4) is 0 Å². The van der Waals surface area contributed by atoms with Crippen LogP contribution in [0.5, 0.6) is 17.2 Å². The van der Waals surface area contributed by atoms with Gasteiger partial charge in [-0.05, 0) is 42.0 Å². The highest BCUT2D eigenvalue weighted by Crippen LogP contribution is 2.42. The van der Waals surface area contributed by atoms with Gasteiger partial charge in [-0.15, -0.1) is 8.78 Å². The molecule has 0 radical (unpaired) electrons. The number of anilines is 2. The van der Waals surface area contributed by atoms with Gasteiger partial charge in [-0.3, -0.25) is 9.78 Å². The first-order valence-corrected chi connectivity index (χ1v) is 9.23. The van der Waals surface area contributed by atoms with E-state index in [1.165, 1.54) is 30.5 Å². The molecule has 4 rings (SSSR count). The Labute approximate surface area is 180 Å². The average Bonchev–Trinajstić information content (AvgIpc) is 3.05. The molecule has 3 amide bonds. The Morgan fingerprint density at radius 3 is 2.53 bits per heavy atom. The Hall–Kier alpha value is -4.41. The Balaban J connectivity index is 1.35. The Morgan fingerprint density at radius 2 is 1.75 bits per heavy atom. The fourth-order valence-corrected chi connectivity index (χ4v) is 2.85. The number of aromatic nitrogens is 1. The molecule has 0 aliphatic carbocycles. The molecule has 3 aromatic rings. The minimum atomic E-state index is -3.73. The standard InChI is InChI=1S/C21H16F2N4O5/c22-21(23)31-17-5-4-14(10-18(17)32-21)27-20(29)26-13-2-1-3-15(9-13)30-11-12-6-7-25-16(8-12)19(24)28/h1-10H,11H2,(H2,24,28)(H2,26,27,29). The average molecular weight is 442 g/mol. The molecule has 0 saturated carbocycles. The van der Waals surface area contributed by atoms with E-state index in [1.807, 2.05) is 0 Å². The lowest BCUT2D eigenvalue weighted by molar-refractivity contribution is -0.286. The highest BCUT2D eigenvalue weighted by Gasteiger charge is 2.43. The number of nitrogens with one attached hydrogen (secondary N) is 2. The summed E-state index contributed by atoms with van der Waals surface area (Å²) in [6.07, 6.45) is -2.28. The van der Waals surface area contributed by atoms with Gasteiger partial charge in [0, 0.05) is 29.7 Å². The highest BCUT2D eigenvalue weighted by atomic mass is 19.3. The molecule has 0 spiro atoms. The van der Waals surface area contributed by atoms with Gasteiger partial charge in [0.05, 0.1) is 0 Å². The van der Waals surface area contributed by atoms with E-state index in [0.717, 1.165) is 0 Å². The summed E-state index contributed by atoms with van der Waals surface area (Å²) in [4.78, 5) is 27.3. The van der Waals surface area contributed by atoms with Crippen molar-refractivity contribution < 1.29 is 32.6 Å². The molecule has 0 fully saturated rings. The summed E-state index contributed by atoms with van der Waals surface area (Å²) >= 11 is 0. The van der Waals surface area contributed by atoms with Crippen molar-refractivity contribution in [3.63, 3.8) is 0 Å². The zero-order valence-corrected chi connectivity index (χ0v) is 16.3. The Kier molecular flexibility index (Phi) is 5.46. The van der Waals surface area contributed by atoms with Crippen LogP contribution in [0.25, 0.3) is 0 Å². The molecule has 0 bridgehead atoms. The van der Waals surface area contributed by atoms with E-state index in [-0.39, 0.29) is 29.5 Å². The number of nitrogens with two attached hydrogens (primary N) is 1. The van der Waals surface area contributed by atoms with E-state index in [1.54, 1.807) is 30.3 Å². The number of benzene rings is 2. The van der Waals surface area contributed by atoms with Crippen LogP contribution in [0.15, 0.2) is 60.8 Å². The highest BCUT2D eigenvalue weighted by molar-refractivity contribution is 6.00. The maximum Gasteiger partial charge on any atom is 0.586 e. The second-order valence-electron chi connectivity index (χ2n) is 6.64. The van der Waals surface area contributed by atoms with Gasteiger partial charge in [-0.2, -0.15) is 0 Å².